The normalized spacial score (nSPS) is 26.8. The number of hydrogen-bond acceptors (Lipinski definition) is 3. The van der Waals surface area contributed by atoms with Crippen molar-refractivity contribution < 1.29 is 9.47 Å². The van der Waals surface area contributed by atoms with Crippen molar-refractivity contribution in [1.82, 2.24) is 5.32 Å². The molecule has 1 aromatic carbocycles. The standard InChI is InChI=1S/C15H23NO2/c1-5-17-15-13(16-4)9-14(15)18-12-7-10(2)6-11(3)8-12/h6-8,13-16H,5,9H2,1-4H3. The van der Waals surface area contributed by atoms with Crippen molar-refractivity contribution in [1.29, 1.82) is 0 Å². The summed E-state index contributed by atoms with van der Waals surface area (Å²) in [5, 5.41) is 3.27. The first-order valence-electron chi connectivity index (χ1n) is 6.68. The van der Waals surface area contributed by atoms with Crippen molar-refractivity contribution in [2.75, 3.05) is 13.7 Å². The van der Waals surface area contributed by atoms with Crippen LogP contribution >= 0.6 is 0 Å². The molecule has 1 saturated carbocycles. The maximum Gasteiger partial charge on any atom is 0.128 e. The molecule has 0 radical (unpaired) electrons. The zero-order valence-corrected chi connectivity index (χ0v) is 11.7. The maximum atomic E-state index is 6.04. The fourth-order valence-electron chi connectivity index (χ4n) is 2.57. The number of benzene rings is 1. The molecule has 3 nitrogen and oxygen atoms in total. The van der Waals surface area contributed by atoms with E-state index in [0.717, 1.165) is 18.8 Å². The highest BCUT2D eigenvalue weighted by Gasteiger charge is 2.42. The van der Waals surface area contributed by atoms with E-state index >= 15 is 0 Å². The van der Waals surface area contributed by atoms with Gasteiger partial charge < -0.3 is 14.8 Å². The predicted octanol–water partition coefficient (Wildman–Crippen LogP) is 2.45. The molecule has 3 unspecified atom stereocenters. The van der Waals surface area contributed by atoms with Gasteiger partial charge in [0, 0.05) is 19.1 Å². The fourth-order valence-corrected chi connectivity index (χ4v) is 2.57. The van der Waals surface area contributed by atoms with Crippen LogP contribution in [0.15, 0.2) is 18.2 Å². The van der Waals surface area contributed by atoms with E-state index in [2.05, 4.69) is 37.4 Å². The van der Waals surface area contributed by atoms with Gasteiger partial charge in [-0.25, -0.2) is 0 Å². The van der Waals surface area contributed by atoms with Gasteiger partial charge in [0.05, 0.1) is 0 Å². The Balaban J connectivity index is 2.01. The highest BCUT2D eigenvalue weighted by molar-refractivity contribution is 5.33. The second kappa shape index (κ2) is 5.72. The Bertz CT molecular complexity index is 385. The number of nitrogens with one attached hydrogen (secondary N) is 1. The summed E-state index contributed by atoms with van der Waals surface area (Å²) >= 11 is 0. The second-order valence-corrected chi connectivity index (χ2v) is 5.03. The molecule has 1 fully saturated rings. The van der Waals surface area contributed by atoms with Gasteiger partial charge in [-0.3, -0.25) is 0 Å². The van der Waals surface area contributed by atoms with E-state index in [1.807, 2.05) is 14.0 Å². The van der Waals surface area contributed by atoms with E-state index in [-0.39, 0.29) is 12.2 Å². The van der Waals surface area contributed by atoms with Crippen LogP contribution in [0, 0.1) is 13.8 Å². The lowest BCUT2D eigenvalue weighted by Gasteiger charge is -2.43. The number of rotatable bonds is 5. The van der Waals surface area contributed by atoms with Crippen molar-refractivity contribution in [2.24, 2.45) is 0 Å². The van der Waals surface area contributed by atoms with Gasteiger partial charge >= 0.3 is 0 Å². The van der Waals surface area contributed by atoms with Crippen molar-refractivity contribution in [3.05, 3.63) is 29.3 Å². The van der Waals surface area contributed by atoms with Crippen molar-refractivity contribution in [3.8, 4) is 5.75 Å². The molecule has 0 aliphatic heterocycles. The van der Waals surface area contributed by atoms with Gasteiger partial charge in [-0.15, -0.1) is 0 Å². The first-order valence-corrected chi connectivity index (χ1v) is 6.68. The van der Waals surface area contributed by atoms with E-state index in [1.165, 1.54) is 11.1 Å². The second-order valence-electron chi connectivity index (χ2n) is 5.03. The van der Waals surface area contributed by atoms with Crippen LogP contribution in [-0.4, -0.2) is 31.9 Å². The first kappa shape index (κ1) is 13.4. The van der Waals surface area contributed by atoms with Gasteiger partial charge in [0.15, 0.2) is 0 Å². The summed E-state index contributed by atoms with van der Waals surface area (Å²) in [5.41, 5.74) is 2.48. The largest absolute Gasteiger partial charge is 0.488 e. The summed E-state index contributed by atoms with van der Waals surface area (Å²) < 4.78 is 11.8. The molecule has 0 spiro atoms. The quantitative estimate of drug-likeness (QED) is 0.869. The lowest BCUT2D eigenvalue weighted by atomic mass is 9.85. The molecule has 2 rings (SSSR count). The Hall–Kier alpha value is -1.06. The average molecular weight is 249 g/mol. The van der Waals surface area contributed by atoms with E-state index in [1.54, 1.807) is 0 Å². The number of aryl methyl sites for hydroxylation is 2. The van der Waals surface area contributed by atoms with Crippen LogP contribution in [0.2, 0.25) is 0 Å². The third-order valence-electron chi connectivity index (χ3n) is 3.46. The summed E-state index contributed by atoms with van der Waals surface area (Å²) in [6, 6.07) is 6.75. The van der Waals surface area contributed by atoms with Gasteiger partial charge in [-0.2, -0.15) is 0 Å². The summed E-state index contributed by atoms with van der Waals surface area (Å²) in [6.45, 7) is 6.95. The fraction of sp³-hybridized carbons (Fsp3) is 0.600. The monoisotopic (exact) mass is 249 g/mol. The van der Waals surface area contributed by atoms with Crippen LogP contribution in [-0.2, 0) is 4.74 Å². The van der Waals surface area contributed by atoms with E-state index in [0.29, 0.717) is 6.04 Å². The van der Waals surface area contributed by atoms with E-state index in [4.69, 9.17) is 9.47 Å². The summed E-state index contributed by atoms with van der Waals surface area (Å²) in [7, 11) is 1.98. The molecule has 0 aromatic heterocycles. The molecule has 1 N–H and O–H groups in total. The Kier molecular flexibility index (Phi) is 4.25. The number of likely N-dealkylation sites (N-methyl/N-ethyl adjacent to an activating group) is 1. The van der Waals surface area contributed by atoms with E-state index in [9.17, 15) is 0 Å². The van der Waals surface area contributed by atoms with Crippen LogP contribution in [0.3, 0.4) is 0 Å². The molecule has 0 saturated heterocycles. The van der Waals surface area contributed by atoms with Crippen LogP contribution in [0.25, 0.3) is 0 Å². The Morgan fingerprint density at radius 1 is 1.22 bits per heavy atom. The highest BCUT2D eigenvalue weighted by atomic mass is 16.5. The summed E-state index contributed by atoms with van der Waals surface area (Å²) in [6.07, 6.45) is 1.35. The molecule has 1 aromatic rings. The van der Waals surface area contributed by atoms with Crippen molar-refractivity contribution in [3.63, 3.8) is 0 Å². The van der Waals surface area contributed by atoms with Crippen LogP contribution < -0.4 is 10.1 Å². The molecule has 18 heavy (non-hydrogen) atoms. The first-order chi connectivity index (χ1) is 8.63. The molecule has 100 valence electrons. The van der Waals surface area contributed by atoms with Crippen LogP contribution in [0.4, 0.5) is 0 Å². The molecular formula is C15H23NO2. The number of hydrogen-bond donors (Lipinski definition) is 1. The molecule has 0 bridgehead atoms. The third-order valence-corrected chi connectivity index (χ3v) is 3.46. The Labute approximate surface area is 109 Å². The zero-order chi connectivity index (χ0) is 13.1. The molecule has 3 atom stereocenters. The lowest BCUT2D eigenvalue weighted by molar-refractivity contribution is -0.103. The minimum absolute atomic E-state index is 0.167. The molecular weight excluding hydrogens is 226 g/mol. The summed E-state index contributed by atoms with van der Waals surface area (Å²) in [5.74, 6) is 0.955. The van der Waals surface area contributed by atoms with Crippen molar-refractivity contribution in [2.45, 2.75) is 45.4 Å². The minimum Gasteiger partial charge on any atom is -0.488 e. The van der Waals surface area contributed by atoms with Crippen molar-refractivity contribution >= 4 is 0 Å². The molecule has 3 heteroatoms. The van der Waals surface area contributed by atoms with Gasteiger partial charge in [0.25, 0.3) is 0 Å². The summed E-state index contributed by atoms with van der Waals surface area (Å²) in [4.78, 5) is 0. The molecule has 0 heterocycles. The van der Waals surface area contributed by atoms with Gasteiger partial charge in [-0.05, 0) is 51.1 Å². The van der Waals surface area contributed by atoms with E-state index < -0.39 is 0 Å². The third kappa shape index (κ3) is 2.85. The van der Waals surface area contributed by atoms with Gasteiger partial charge in [0.1, 0.15) is 18.0 Å². The SMILES string of the molecule is CCOC1C(NC)CC1Oc1cc(C)cc(C)c1. The highest BCUT2D eigenvalue weighted by Crippen LogP contribution is 2.29. The molecule has 1 aliphatic carbocycles. The number of ether oxygens (including phenoxy) is 2. The topological polar surface area (TPSA) is 30.5 Å². The minimum atomic E-state index is 0.167. The zero-order valence-electron chi connectivity index (χ0n) is 11.7. The lowest BCUT2D eigenvalue weighted by Crippen LogP contribution is -2.60. The predicted molar refractivity (Wildman–Crippen MR) is 73.2 cm³/mol. The van der Waals surface area contributed by atoms with Gasteiger partial charge in [-0.1, -0.05) is 6.07 Å². The van der Waals surface area contributed by atoms with Crippen LogP contribution in [0.5, 0.6) is 5.75 Å². The maximum absolute atomic E-state index is 6.04. The smallest absolute Gasteiger partial charge is 0.128 e. The molecule has 0 amide bonds. The average Bonchev–Trinajstić information content (AvgIpc) is 2.30. The molecule has 1 aliphatic rings. The van der Waals surface area contributed by atoms with Gasteiger partial charge in [0.2, 0.25) is 0 Å². The Morgan fingerprint density at radius 3 is 2.44 bits per heavy atom. The Morgan fingerprint density at radius 2 is 1.89 bits per heavy atom. The van der Waals surface area contributed by atoms with Crippen LogP contribution in [0.1, 0.15) is 24.5 Å².